The zero-order valence-electron chi connectivity index (χ0n) is 11.1. The molecule has 1 aromatic carbocycles. The first-order chi connectivity index (χ1) is 8.69. The van der Waals surface area contributed by atoms with Crippen LogP contribution >= 0.6 is 11.6 Å². The average Bonchev–Trinajstić information content (AvgIpc) is 2.37. The number of nitrogens with zero attached hydrogens (tertiary/aromatic N) is 1. The Morgan fingerprint density at radius 1 is 1.28 bits per heavy atom. The molecule has 0 radical (unpaired) electrons. The van der Waals surface area contributed by atoms with E-state index >= 15 is 0 Å². The van der Waals surface area contributed by atoms with Crippen LogP contribution < -0.4 is 5.73 Å². The highest BCUT2D eigenvalue weighted by molar-refractivity contribution is 6.30. The van der Waals surface area contributed by atoms with Crippen molar-refractivity contribution in [2.75, 3.05) is 6.54 Å². The van der Waals surface area contributed by atoms with E-state index in [-0.39, 0.29) is 0 Å². The maximum atomic E-state index is 6.04. The lowest BCUT2D eigenvalue weighted by atomic mass is 9.90. The van der Waals surface area contributed by atoms with Crippen LogP contribution in [-0.2, 0) is 6.54 Å². The van der Waals surface area contributed by atoms with Crippen LogP contribution in [0.4, 0.5) is 0 Å². The van der Waals surface area contributed by atoms with E-state index in [0.29, 0.717) is 12.1 Å². The number of hydrogen-bond acceptors (Lipinski definition) is 2. The van der Waals surface area contributed by atoms with Crippen LogP contribution in [0.15, 0.2) is 24.3 Å². The van der Waals surface area contributed by atoms with Gasteiger partial charge in [0.25, 0.3) is 0 Å². The van der Waals surface area contributed by atoms with Gasteiger partial charge in [-0.25, -0.2) is 0 Å². The molecule has 0 unspecified atom stereocenters. The molecule has 2 nitrogen and oxygen atoms in total. The summed E-state index contributed by atoms with van der Waals surface area (Å²) in [5, 5.41) is 0.828. The molecule has 0 amide bonds. The fourth-order valence-electron chi connectivity index (χ4n) is 2.84. The molecule has 3 heteroatoms. The summed E-state index contributed by atoms with van der Waals surface area (Å²) >= 11 is 6.04. The zero-order chi connectivity index (χ0) is 13.0. The largest absolute Gasteiger partial charge is 0.328 e. The van der Waals surface area contributed by atoms with Gasteiger partial charge in [-0.1, -0.05) is 30.7 Å². The molecular weight excluding hydrogens is 244 g/mol. The maximum Gasteiger partial charge on any atom is 0.0409 e. The minimum absolute atomic E-state index is 0.422. The second-order valence-electron chi connectivity index (χ2n) is 5.26. The van der Waals surface area contributed by atoms with Crippen molar-refractivity contribution in [2.45, 2.75) is 51.2 Å². The van der Waals surface area contributed by atoms with E-state index in [1.54, 1.807) is 0 Å². The van der Waals surface area contributed by atoms with E-state index in [1.807, 2.05) is 12.1 Å². The van der Waals surface area contributed by atoms with Crippen molar-refractivity contribution in [3.63, 3.8) is 0 Å². The molecule has 0 aliphatic heterocycles. The second kappa shape index (κ2) is 6.55. The van der Waals surface area contributed by atoms with Crippen LogP contribution in [0.1, 0.15) is 38.2 Å². The molecule has 0 bridgehead atoms. The van der Waals surface area contributed by atoms with Gasteiger partial charge in [0.15, 0.2) is 0 Å². The highest BCUT2D eigenvalue weighted by atomic mass is 35.5. The quantitative estimate of drug-likeness (QED) is 0.905. The molecule has 1 aromatic rings. The Morgan fingerprint density at radius 2 is 2.00 bits per heavy atom. The van der Waals surface area contributed by atoms with Crippen molar-refractivity contribution in [2.24, 2.45) is 5.73 Å². The predicted molar refractivity (Wildman–Crippen MR) is 77.8 cm³/mol. The summed E-state index contributed by atoms with van der Waals surface area (Å²) < 4.78 is 0. The van der Waals surface area contributed by atoms with Gasteiger partial charge in [0, 0.05) is 23.7 Å². The minimum Gasteiger partial charge on any atom is -0.328 e. The number of rotatable bonds is 4. The van der Waals surface area contributed by atoms with Crippen molar-refractivity contribution >= 4 is 11.6 Å². The van der Waals surface area contributed by atoms with Crippen molar-refractivity contribution < 1.29 is 0 Å². The van der Waals surface area contributed by atoms with E-state index in [2.05, 4.69) is 24.0 Å². The van der Waals surface area contributed by atoms with Crippen molar-refractivity contribution in [1.82, 2.24) is 4.90 Å². The van der Waals surface area contributed by atoms with Gasteiger partial charge in [-0.15, -0.1) is 0 Å². The number of halogens is 1. The smallest absolute Gasteiger partial charge is 0.0409 e. The van der Waals surface area contributed by atoms with Crippen molar-refractivity contribution in [3.8, 4) is 0 Å². The predicted octanol–water partition coefficient (Wildman–Crippen LogP) is 3.43. The Kier molecular flexibility index (Phi) is 5.04. The third-order valence-corrected chi connectivity index (χ3v) is 4.17. The van der Waals surface area contributed by atoms with Gasteiger partial charge in [-0.05, 0) is 49.9 Å². The Bertz CT molecular complexity index is 373. The Labute approximate surface area is 115 Å². The first-order valence-corrected chi connectivity index (χ1v) is 7.31. The molecule has 1 saturated carbocycles. The lowest BCUT2D eigenvalue weighted by Crippen LogP contribution is -2.40. The van der Waals surface area contributed by atoms with Gasteiger partial charge in [0.1, 0.15) is 0 Å². The number of benzene rings is 1. The minimum atomic E-state index is 0.422. The fourth-order valence-corrected chi connectivity index (χ4v) is 3.05. The summed E-state index contributed by atoms with van der Waals surface area (Å²) in [4.78, 5) is 2.55. The van der Waals surface area contributed by atoms with Crippen molar-refractivity contribution in [3.05, 3.63) is 34.9 Å². The fraction of sp³-hybridized carbons (Fsp3) is 0.600. The first-order valence-electron chi connectivity index (χ1n) is 6.93. The van der Waals surface area contributed by atoms with Crippen LogP contribution in [0.5, 0.6) is 0 Å². The topological polar surface area (TPSA) is 29.3 Å². The maximum absolute atomic E-state index is 6.04. The Morgan fingerprint density at radius 3 is 2.61 bits per heavy atom. The lowest BCUT2D eigenvalue weighted by molar-refractivity contribution is 0.149. The molecule has 0 aromatic heterocycles. The molecule has 0 saturated heterocycles. The van der Waals surface area contributed by atoms with E-state index in [9.17, 15) is 0 Å². The molecular formula is C15H23ClN2. The van der Waals surface area contributed by atoms with Crippen LogP contribution in [0.3, 0.4) is 0 Å². The molecule has 1 fully saturated rings. The normalized spacial score (nSPS) is 24.4. The highest BCUT2D eigenvalue weighted by Crippen LogP contribution is 2.24. The summed E-state index contributed by atoms with van der Waals surface area (Å²) in [5.41, 5.74) is 7.28. The second-order valence-corrected chi connectivity index (χ2v) is 5.70. The summed E-state index contributed by atoms with van der Waals surface area (Å²) in [7, 11) is 0. The standard InChI is InChI=1S/C15H23ClN2/c1-2-18(15-8-6-14(17)7-9-15)11-12-4-3-5-13(16)10-12/h3-5,10,14-15H,2,6-9,11,17H2,1H3. The van der Waals surface area contributed by atoms with Gasteiger partial charge in [-0.2, -0.15) is 0 Å². The SMILES string of the molecule is CCN(Cc1cccc(Cl)c1)C1CCC(N)CC1. The van der Waals surface area contributed by atoms with Crippen LogP contribution in [0.25, 0.3) is 0 Å². The molecule has 1 aliphatic carbocycles. The van der Waals surface area contributed by atoms with Crippen molar-refractivity contribution in [1.29, 1.82) is 0 Å². The van der Waals surface area contributed by atoms with Gasteiger partial charge in [-0.3, -0.25) is 4.90 Å². The summed E-state index contributed by atoms with van der Waals surface area (Å²) in [5.74, 6) is 0. The molecule has 0 spiro atoms. The summed E-state index contributed by atoms with van der Waals surface area (Å²) in [6.45, 7) is 4.32. The molecule has 2 rings (SSSR count). The van der Waals surface area contributed by atoms with E-state index < -0.39 is 0 Å². The Hall–Kier alpha value is -0.570. The molecule has 2 N–H and O–H groups in total. The van der Waals surface area contributed by atoms with Gasteiger partial charge in [0.05, 0.1) is 0 Å². The van der Waals surface area contributed by atoms with E-state index in [4.69, 9.17) is 17.3 Å². The van der Waals surface area contributed by atoms with Gasteiger partial charge < -0.3 is 5.73 Å². The molecule has 0 atom stereocenters. The summed E-state index contributed by atoms with van der Waals surface area (Å²) in [6.07, 6.45) is 4.79. The van der Waals surface area contributed by atoms with Crippen LogP contribution in [0.2, 0.25) is 5.02 Å². The molecule has 18 heavy (non-hydrogen) atoms. The zero-order valence-corrected chi connectivity index (χ0v) is 11.9. The third-order valence-electron chi connectivity index (χ3n) is 3.94. The first kappa shape index (κ1) is 13.9. The van der Waals surface area contributed by atoms with E-state index in [0.717, 1.165) is 31.0 Å². The highest BCUT2D eigenvalue weighted by Gasteiger charge is 2.23. The summed E-state index contributed by atoms with van der Waals surface area (Å²) in [6, 6.07) is 9.30. The van der Waals surface area contributed by atoms with Crippen LogP contribution in [-0.4, -0.2) is 23.5 Å². The number of hydrogen-bond donors (Lipinski definition) is 1. The lowest BCUT2D eigenvalue weighted by Gasteiger charge is -2.35. The van der Waals surface area contributed by atoms with E-state index in [1.165, 1.54) is 18.4 Å². The van der Waals surface area contributed by atoms with Crippen LogP contribution in [0, 0.1) is 0 Å². The molecule has 100 valence electrons. The Balaban J connectivity index is 1.96. The number of nitrogens with two attached hydrogens (primary N) is 1. The molecule has 1 aliphatic rings. The van der Waals surface area contributed by atoms with Gasteiger partial charge >= 0.3 is 0 Å². The average molecular weight is 267 g/mol. The van der Waals surface area contributed by atoms with Gasteiger partial charge in [0.2, 0.25) is 0 Å². The third kappa shape index (κ3) is 3.71. The monoisotopic (exact) mass is 266 g/mol. The molecule has 0 heterocycles.